The topological polar surface area (TPSA) is 64.2 Å². The number of carbonyl (C=O) groups excluding carboxylic acids is 3. The van der Waals surface area contributed by atoms with Crippen LogP contribution in [-0.2, 0) is 26.0 Å². The van der Waals surface area contributed by atoms with Crippen LogP contribution in [0.4, 0.5) is 18.9 Å². The number of alkyl halides is 3. The minimum atomic E-state index is -4.52. The molecule has 1 unspecified atom stereocenters. The van der Waals surface area contributed by atoms with E-state index < -0.39 is 17.3 Å². The molecular weight excluding hydrogens is 676 g/mol. The SMILES string of the molecule is O=C(C1CCC1)N1CCC(CCCN2CCC3(CC2)C(=O)N(C(=O)C2CCC2)CN3c2cccc(C(F)(F)F)c2)(c2ccc(Cl)c(Cl)c2)C1. The van der Waals surface area contributed by atoms with Gasteiger partial charge in [0.15, 0.2) is 0 Å². The molecular formula is C37H43Cl2F3N4O3. The van der Waals surface area contributed by atoms with Crippen molar-refractivity contribution < 1.29 is 27.6 Å². The zero-order chi connectivity index (χ0) is 34.6. The predicted octanol–water partition coefficient (Wildman–Crippen LogP) is 7.53. The highest BCUT2D eigenvalue weighted by molar-refractivity contribution is 6.42. The summed E-state index contributed by atoms with van der Waals surface area (Å²) in [5.41, 5.74) is -0.687. The molecule has 2 saturated carbocycles. The van der Waals surface area contributed by atoms with Crippen LogP contribution in [0.25, 0.3) is 0 Å². The quantitative estimate of drug-likeness (QED) is 0.264. The fourth-order valence-corrected chi connectivity index (χ4v) is 8.89. The van der Waals surface area contributed by atoms with Crippen molar-refractivity contribution in [1.29, 1.82) is 0 Å². The molecule has 2 aromatic carbocycles. The number of rotatable bonds is 8. The number of piperidine rings is 1. The Hall–Kier alpha value is -2.82. The van der Waals surface area contributed by atoms with E-state index in [2.05, 4.69) is 4.90 Å². The molecule has 0 N–H and O–H groups in total. The summed E-state index contributed by atoms with van der Waals surface area (Å²) in [4.78, 5) is 48.1. The second kappa shape index (κ2) is 13.4. The first kappa shape index (κ1) is 34.6. The summed E-state index contributed by atoms with van der Waals surface area (Å²) in [6.45, 7) is 3.27. The smallest absolute Gasteiger partial charge is 0.342 e. The van der Waals surface area contributed by atoms with Gasteiger partial charge in [0.05, 0.1) is 15.6 Å². The first-order valence-electron chi connectivity index (χ1n) is 17.7. The van der Waals surface area contributed by atoms with Gasteiger partial charge >= 0.3 is 6.18 Å². The highest BCUT2D eigenvalue weighted by Crippen LogP contribution is 2.45. The fraction of sp³-hybridized carbons (Fsp3) is 0.595. The number of amides is 3. The van der Waals surface area contributed by atoms with Crippen LogP contribution in [-0.4, -0.2) is 77.4 Å². The first-order valence-corrected chi connectivity index (χ1v) is 18.4. The first-order chi connectivity index (χ1) is 23.4. The molecule has 0 radical (unpaired) electrons. The van der Waals surface area contributed by atoms with Crippen LogP contribution in [0.2, 0.25) is 10.0 Å². The molecule has 7 nitrogen and oxygen atoms in total. The maximum atomic E-state index is 14.1. The van der Waals surface area contributed by atoms with Gasteiger partial charge in [-0.05, 0) is 100 Å². The molecule has 0 bridgehead atoms. The lowest BCUT2D eigenvalue weighted by molar-refractivity contribution is -0.149. The van der Waals surface area contributed by atoms with E-state index in [1.54, 1.807) is 11.0 Å². The molecule has 1 atom stereocenters. The van der Waals surface area contributed by atoms with Gasteiger partial charge in [0.25, 0.3) is 5.91 Å². The maximum Gasteiger partial charge on any atom is 0.416 e. The van der Waals surface area contributed by atoms with Gasteiger partial charge in [-0.25, -0.2) is 0 Å². The van der Waals surface area contributed by atoms with Crippen molar-refractivity contribution in [2.75, 3.05) is 44.3 Å². The Morgan fingerprint density at radius 3 is 2.18 bits per heavy atom. The van der Waals surface area contributed by atoms with Gasteiger partial charge in [-0.2, -0.15) is 13.2 Å². The zero-order valence-corrected chi connectivity index (χ0v) is 29.1. The molecule has 3 heterocycles. The molecule has 12 heteroatoms. The fourth-order valence-electron chi connectivity index (χ4n) is 8.59. The Morgan fingerprint density at radius 2 is 1.55 bits per heavy atom. The third-order valence-electron chi connectivity index (χ3n) is 12.1. The summed E-state index contributed by atoms with van der Waals surface area (Å²) >= 11 is 12.7. The number of hydrogen-bond acceptors (Lipinski definition) is 5. The molecule has 2 aliphatic carbocycles. The number of benzene rings is 2. The third kappa shape index (κ3) is 6.46. The van der Waals surface area contributed by atoms with Gasteiger partial charge in [-0.15, -0.1) is 0 Å². The van der Waals surface area contributed by atoms with E-state index in [0.717, 1.165) is 82.0 Å². The Labute approximate surface area is 295 Å². The van der Waals surface area contributed by atoms with E-state index in [4.69, 9.17) is 23.2 Å². The number of carbonyl (C=O) groups is 3. The van der Waals surface area contributed by atoms with Gasteiger partial charge in [0.1, 0.15) is 12.2 Å². The standard InChI is InChI=1S/C37H43Cl2F3N4O3/c38-30-12-11-27(22-31(30)39)35(14-20-44(23-35)32(47)25-5-1-6-25)13-4-17-43-18-15-36(16-19-43)34(49)45(33(48)26-7-2-8-26)24-46(36)29-10-3-9-28(21-29)37(40,41)42/h3,9-12,21-22,25-26H,1-2,4-8,13-20,23-24H2. The van der Waals surface area contributed by atoms with E-state index >= 15 is 0 Å². The summed E-state index contributed by atoms with van der Waals surface area (Å²) in [5.74, 6) is -0.297. The molecule has 1 spiro atoms. The lowest BCUT2D eigenvalue weighted by Gasteiger charge is -2.43. The van der Waals surface area contributed by atoms with Crippen molar-refractivity contribution in [2.24, 2.45) is 11.8 Å². The number of anilines is 1. The van der Waals surface area contributed by atoms with Crippen molar-refractivity contribution in [3.05, 3.63) is 63.6 Å². The largest absolute Gasteiger partial charge is 0.416 e. The highest BCUT2D eigenvalue weighted by Gasteiger charge is 2.56. The molecule has 7 rings (SSSR count). The normalized spacial score (nSPS) is 24.8. The van der Waals surface area contributed by atoms with Crippen molar-refractivity contribution in [2.45, 2.75) is 87.8 Å². The molecule has 3 saturated heterocycles. The summed E-state index contributed by atoms with van der Waals surface area (Å²) in [5, 5.41) is 0.997. The predicted molar refractivity (Wildman–Crippen MR) is 182 cm³/mol. The van der Waals surface area contributed by atoms with Crippen molar-refractivity contribution in [3.8, 4) is 0 Å². The van der Waals surface area contributed by atoms with Gasteiger partial charge < -0.3 is 14.7 Å². The Kier molecular flexibility index (Phi) is 9.45. The Morgan fingerprint density at radius 1 is 0.857 bits per heavy atom. The second-order valence-electron chi connectivity index (χ2n) is 14.8. The van der Waals surface area contributed by atoms with E-state index in [1.807, 2.05) is 23.1 Å². The second-order valence-corrected chi connectivity index (χ2v) is 15.7. The number of likely N-dealkylation sites (tertiary alicyclic amines) is 2. The average molecular weight is 720 g/mol. The van der Waals surface area contributed by atoms with Crippen LogP contribution in [0, 0.1) is 11.8 Å². The Bertz CT molecular complexity index is 1610. The van der Waals surface area contributed by atoms with Gasteiger partial charge in [0, 0.05) is 49.1 Å². The van der Waals surface area contributed by atoms with Crippen molar-refractivity contribution in [1.82, 2.24) is 14.7 Å². The van der Waals surface area contributed by atoms with E-state index in [1.165, 1.54) is 11.0 Å². The molecule has 0 aromatic heterocycles. The van der Waals surface area contributed by atoms with E-state index in [0.29, 0.717) is 54.8 Å². The van der Waals surface area contributed by atoms with Gasteiger partial charge in [-0.3, -0.25) is 19.3 Å². The lowest BCUT2D eigenvalue weighted by Crippen LogP contribution is -2.57. The van der Waals surface area contributed by atoms with Crippen LogP contribution in [0.15, 0.2) is 42.5 Å². The number of imide groups is 1. The minimum Gasteiger partial charge on any atom is -0.342 e. The molecule has 3 aliphatic heterocycles. The van der Waals surface area contributed by atoms with Gasteiger partial charge in [0.2, 0.25) is 11.8 Å². The molecule has 2 aromatic rings. The summed E-state index contributed by atoms with van der Waals surface area (Å²) < 4.78 is 41.1. The highest BCUT2D eigenvalue weighted by atomic mass is 35.5. The molecule has 5 fully saturated rings. The van der Waals surface area contributed by atoms with Crippen LogP contribution in [0.5, 0.6) is 0 Å². The van der Waals surface area contributed by atoms with Crippen LogP contribution in [0.3, 0.4) is 0 Å². The molecule has 3 amide bonds. The van der Waals surface area contributed by atoms with Crippen LogP contribution in [0.1, 0.15) is 81.8 Å². The average Bonchev–Trinajstić information content (AvgIpc) is 3.58. The number of nitrogens with zero attached hydrogens (tertiary/aromatic N) is 4. The summed E-state index contributed by atoms with van der Waals surface area (Å²) in [6, 6.07) is 10.9. The summed E-state index contributed by atoms with van der Waals surface area (Å²) in [6.07, 6.45) is 4.32. The van der Waals surface area contributed by atoms with Crippen molar-refractivity contribution >= 4 is 46.6 Å². The van der Waals surface area contributed by atoms with E-state index in [9.17, 15) is 27.6 Å². The molecule has 49 heavy (non-hydrogen) atoms. The Balaban J connectivity index is 1.05. The van der Waals surface area contributed by atoms with Crippen molar-refractivity contribution in [3.63, 3.8) is 0 Å². The maximum absolute atomic E-state index is 14.1. The monoisotopic (exact) mass is 718 g/mol. The number of hydrogen-bond donors (Lipinski definition) is 0. The third-order valence-corrected chi connectivity index (χ3v) is 12.9. The molecule has 5 aliphatic rings. The van der Waals surface area contributed by atoms with Gasteiger partial charge in [-0.1, -0.05) is 48.2 Å². The minimum absolute atomic E-state index is 0.0300. The van der Waals surface area contributed by atoms with Crippen LogP contribution >= 0.6 is 23.2 Å². The zero-order valence-electron chi connectivity index (χ0n) is 27.6. The lowest BCUT2D eigenvalue weighted by atomic mass is 9.75. The van der Waals surface area contributed by atoms with Crippen LogP contribution < -0.4 is 4.90 Å². The molecule has 264 valence electrons. The van der Waals surface area contributed by atoms with E-state index in [-0.39, 0.29) is 41.6 Å². The number of halogens is 5. The summed E-state index contributed by atoms with van der Waals surface area (Å²) in [7, 11) is 0.